The van der Waals surface area contributed by atoms with E-state index in [0.29, 0.717) is 40.1 Å². The molecule has 0 aliphatic heterocycles. The van der Waals surface area contributed by atoms with Crippen LogP contribution in [0.4, 0.5) is 11.4 Å². The predicted molar refractivity (Wildman–Crippen MR) is 134 cm³/mol. The third-order valence-electron chi connectivity index (χ3n) is 4.39. The minimum atomic E-state index is -0.964. The highest BCUT2D eigenvalue weighted by Gasteiger charge is 2.13. The van der Waals surface area contributed by atoms with Crippen molar-refractivity contribution < 1.29 is 23.9 Å². The number of rotatable bonds is 9. The maximum absolute atomic E-state index is 12.2. The van der Waals surface area contributed by atoms with Gasteiger partial charge in [-0.25, -0.2) is 5.43 Å². The number of anilines is 2. The summed E-state index contributed by atoms with van der Waals surface area (Å²) in [6, 6.07) is 20.2. The van der Waals surface area contributed by atoms with Crippen molar-refractivity contribution >= 4 is 46.9 Å². The highest BCUT2D eigenvalue weighted by atomic mass is 35.5. The normalized spacial score (nSPS) is 10.5. The van der Waals surface area contributed by atoms with Crippen molar-refractivity contribution in [2.24, 2.45) is 5.10 Å². The molecule has 35 heavy (non-hydrogen) atoms. The molecule has 0 bridgehead atoms. The third-order valence-corrected chi connectivity index (χ3v) is 4.62. The molecule has 0 heterocycles. The van der Waals surface area contributed by atoms with E-state index in [1.54, 1.807) is 66.7 Å². The van der Waals surface area contributed by atoms with Crippen LogP contribution >= 0.6 is 11.6 Å². The van der Waals surface area contributed by atoms with Gasteiger partial charge in [-0.3, -0.25) is 14.4 Å². The van der Waals surface area contributed by atoms with Crippen molar-refractivity contribution in [1.82, 2.24) is 5.43 Å². The monoisotopic (exact) mass is 494 g/mol. The van der Waals surface area contributed by atoms with Crippen molar-refractivity contribution in [3.05, 3.63) is 83.4 Å². The first-order valence-electron chi connectivity index (χ1n) is 10.6. The highest BCUT2D eigenvalue weighted by molar-refractivity contribution is 6.39. The fraction of sp³-hybridized carbons (Fsp3) is 0.120. The number of hydrogen-bond donors (Lipinski definition) is 3. The molecule has 3 aromatic rings. The van der Waals surface area contributed by atoms with Gasteiger partial charge in [0.1, 0.15) is 11.5 Å². The molecule has 3 aromatic carbocycles. The Labute approximate surface area is 207 Å². The molecular weight excluding hydrogens is 472 g/mol. The lowest BCUT2D eigenvalue weighted by Gasteiger charge is -2.10. The molecule has 0 saturated carbocycles. The van der Waals surface area contributed by atoms with Crippen molar-refractivity contribution in [2.75, 3.05) is 23.8 Å². The standard InChI is InChI=1S/C25H23ClN4O5/c1-2-34-21-12-10-19(11-13-21)28-23(31)16-35-22-9-4-3-6-17(22)15-27-30-25(33)24(32)29-20-8-5-7-18(26)14-20/h3-15H,2,16H2,1H3,(H,28,31)(H,29,32)(H,30,33)/b27-15-. The number of hydrogen-bond acceptors (Lipinski definition) is 6. The first-order valence-corrected chi connectivity index (χ1v) is 11.0. The summed E-state index contributed by atoms with van der Waals surface area (Å²) < 4.78 is 11.0. The summed E-state index contributed by atoms with van der Waals surface area (Å²) in [5.74, 6) is -1.14. The maximum Gasteiger partial charge on any atom is 0.329 e. The largest absolute Gasteiger partial charge is 0.494 e. The second kappa shape index (κ2) is 12.8. The van der Waals surface area contributed by atoms with Crippen LogP contribution in [0.1, 0.15) is 12.5 Å². The number of carbonyl (C=O) groups is 3. The average molecular weight is 495 g/mol. The van der Waals surface area contributed by atoms with E-state index in [9.17, 15) is 14.4 Å². The van der Waals surface area contributed by atoms with Crippen LogP contribution in [0.5, 0.6) is 11.5 Å². The first-order chi connectivity index (χ1) is 16.9. The predicted octanol–water partition coefficient (Wildman–Crippen LogP) is 3.85. The van der Waals surface area contributed by atoms with Crippen LogP contribution < -0.4 is 25.5 Å². The molecule has 3 rings (SSSR count). The molecule has 180 valence electrons. The second-order valence-corrected chi connectivity index (χ2v) is 7.43. The number of ether oxygens (including phenoxy) is 2. The third kappa shape index (κ3) is 8.17. The molecule has 3 N–H and O–H groups in total. The summed E-state index contributed by atoms with van der Waals surface area (Å²) >= 11 is 5.86. The minimum absolute atomic E-state index is 0.244. The summed E-state index contributed by atoms with van der Waals surface area (Å²) in [7, 11) is 0. The smallest absolute Gasteiger partial charge is 0.329 e. The van der Waals surface area contributed by atoms with E-state index < -0.39 is 11.8 Å². The number of halogens is 1. The van der Waals surface area contributed by atoms with E-state index in [1.165, 1.54) is 12.3 Å². The summed E-state index contributed by atoms with van der Waals surface area (Å²) in [5, 5.41) is 9.37. The molecule has 0 fully saturated rings. The molecular formula is C25H23ClN4O5. The Balaban J connectivity index is 1.51. The fourth-order valence-electron chi connectivity index (χ4n) is 2.83. The Kier molecular flexibility index (Phi) is 9.21. The highest BCUT2D eigenvalue weighted by Crippen LogP contribution is 2.18. The Morgan fingerprint density at radius 1 is 0.886 bits per heavy atom. The Hall–Kier alpha value is -4.37. The Morgan fingerprint density at radius 3 is 2.40 bits per heavy atom. The molecule has 0 aromatic heterocycles. The van der Waals surface area contributed by atoms with Crippen LogP contribution in [0.2, 0.25) is 5.02 Å². The van der Waals surface area contributed by atoms with Gasteiger partial charge < -0.3 is 20.1 Å². The average Bonchev–Trinajstić information content (AvgIpc) is 2.85. The van der Waals surface area contributed by atoms with E-state index in [-0.39, 0.29) is 12.5 Å². The quantitative estimate of drug-likeness (QED) is 0.237. The molecule has 9 nitrogen and oxygen atoms in total. The van der Waals surface area contributed by atoms with Crippen LogP contribution in [-0.2, 0) is 14.4 Å². The van der Waals surface area contributed by atoms with Crippen LogP contribution in [-0.4, -0.2) is 37.1 Å². The van der Waals surface area contributed by atoms with Crippen molar-refractivity contribution in [3.63, 3.8) is 0 Å². The zero-order valence-corrected chi connectivity index (χ0v) is 19.5. The zero-order chi connectivity index (χ0) is 25.0. The molecule has 0 aliphatic carbocycles. The summed E-state index contributed by atoms with van der Waals surface area (Å²) in [6.07, 6.45) is 1.31. The van der Waals surface area contributed by atoms with E-state index in [4.69, 9.17) is 21.1 Å². The van der Waals surface area contributed by atoms with Gasteiger partial charge in [0.25, 0.3) is 5.91 Å². The number of amides is 3. The minimum Gasteiger partial charge on any atom is -0.494 e. The van der Waals surface area contributed by atoms with Gasteiger partial charge in [0.05, 0.1) is 12.8 Å². The lowest BCUT2D eigenvalue weighted by atomic mass is 10.2. The van der Waals surface area contributed by atoms with Crippen LogP contribution in [0.3, 0.4) is 0 Å². The summed E-state index contributed by atoms with van der Waals surface area (Å²) in [6.45, 7) is 2.21. The topological polar surface area (TPSA) is 118 Å². The molecule has 10 heteroatoms. The van der Waals surface area contributed by atoms with Crippen molar-refractivity contribution in [2.45, 2.75) is 6.92 Å². The molecule has 0 saturated heterocycles. The van der Waals surface area contributed by atoms with E-state index >= 15 is 0 Å². The van der Waals surface area contributed by atoms with Gasteiger partial charge in [0.15, 0.2) is 6.61 Å². The van der Waals surface area contributed by atoms with Gasteiger partial charge >= 0.3 is 11.8 Å². The molecule has 0 atom stereocenters. The fourth-order valence-corrected chi connectivity index (χ4v) is 3.02. The number of para-hydroxylation sites is 1. The number of carbonyl (C=O) groups excluding carboxylic acids is 3. The van der Waals surface area contributed by atoms with Gasteiger partial charge in [-0.1, -0.05) is 29.8 Å². The number of nitrogens with one attached hydrogen (secondary N) is 3. The molecule has 0 spiro atoms. The van der Waals surface area contributed by atoms with Crippen molar-refractivity contribution in [3.8, 4) is 11.5 Å². The van der Waals surface area contributed by atoms with E-state index in [0.717, 1.165) is 0 Å². The first kappa shape index (κ1) is 25.3. The van der Waals surface area contributed by atoms with Gasteiger partial charge in [0.2, 0.25) is 0 Å². The van der Waals surface area contributed by atoms with E-state index in [2.05, 4.69) is 21.2 Å². The number of nitrogens with zero attached hydrogens (tertiary/aromatic N) is 1. The second-order valence-electron chi connectivity index (χ2n) is 7.00. The summed E-state index contributed by atoms with van der Waals surface area (Å²) in [4.78, 5) is 36.2. The molecule has 0 unspecified atom stereocenters. The zero-order valence-electron chi connectivity index (χ0n) is 18.8. The number of benzene rings is 3. The number of hydrazone groups is 1. The Bertz CT molecular complexity index is 1210. The lowest BCUT2D eigenvalue weighted by molar-refractivity contribution is -0.136. The van der Waals surface area contributed by atoms with Gasteiger partial charge in [-0.2, -0.15) is 5.10 Å². The van der Waals surface area contributed by atoms with Gasteiger partial charge in [0, 0.05) is 22.0 Å². The molecule has 3 amide bonds. The van der Waals surface area contributed by atoms with Crippen molar-refractivity contribution in [1.29, 1.82) is 0 Å². The molecule has 0 aliphatic rings. The SMILES string of the molecule is CCOc1ccc(NC(=O)COc2ccccc2/C=N\NC(=O)C(=O)Nc2cccc(Cl)c2)cc1. The maximum atomic E-state index is 12.2. The van der Waals surface area contributed by atoms with Gasteiger partial charge in [-0.05, 0) is 61.5 Å². The van der Waals surface area contributed by atoms with E-state index in [1.807, 2.05) is 6.92 Å². The summed E-state index contributed by atoms with van der Waals surface area (Å²) in [5.41, 5.74) is 3.63. The Morgan fingerprint density at radius 2 is 1.66 bits per heavy atom. The van der Waals surface area contributed by atoms with Crippen LogP contribution in [0.15, 0.2) is 77.9 Å². The lowest BCUT2D eigenvalue weighted by Crippen LogP contribution is -2.32. The molecule has 0 radical (unpaired) electrons. The van der Waals surface area contributed by atoms with Crippen LogP contribution in [0, 0.1) is 0 Å². The van der Waals surface area contributed by atoms with Gasteiger partial charge in [-0.15, -0.1) is 0 Å². The van der Waals surface area contributed by atoms with Crippen LogP contribution in [0.25, 0.3) is 0 Å².